The van der Waals surface area contributed by atoms with Gasteiger partial charge in [0.2, 0.25) is 5.91 Å². The number of benzene rings is 1. The van der Waals surface area contributed by atoms with Gasteiger partial charge in [0.05, 0.1) is 17.9 Å². The Labute approximate surface area is 124 Å². The summed E-state index contributed by atoms with van der Waals surface area (Å²) in [5.74, 6) is 1.04. The van der Waals surface area contributed by atoms with E-state index in [9.17, 15) is 9.59 Å². The summed E-state index contributed by atoms with van der Waals surface area (Å²) >= 11 is 0. The van der Waals surface area contributed by atoms with Gasteiger partial charge in [-0.2, -0.15) is 0 Å². The Kier molecular flexibility index (Phi) is 3.95. The lowest BCUT2D eigenvalue weighted by molar-refractivity contribution is -0.121. The molecule has 1 aromatic carbocycles. The van der Waals surface area contributed by atoms with E-state index >= 15 is 0 Å². The third-order valence-electron chi connectivity index (χ3n) is 4.76. The molecular weight excluding hydrogens is 266 g/mol. The minimum Gasteiger partial charge on any atom is -0.462 e. The number of rotatable bonds is 4. The van der Waals surface area contributed by atoms with E-state index in [1.807, 2.05) is 6.07 Å². The SMILES string of the molecule is CCOC(=O)c1ccccc1NC(=O)[C@@H]1C[C@H]2CC[C@H]1C2. The molecule has 0 heterocycles. The van der Waals surface area contributed by atoms with Crippen molar-refractivity contribution in [1.82, 2.24) is 0 Å². The van der Waals surface area contributed by atoms with Gasteiger partial charge in [0.1, 0.15) is 0 Å². The maximum atomic E-state index is 12.5. The summed E-state index contributed by atoms with van der Waals surface area (Å²) in [7, 11) is 0. The highest BCUT2D eigenvalue weighted by Crippen LogP contribution is 2.48. The quantitative estimate of drug-likeness (QED) is 0.865. The van der Waals surface area contributed by atoms with Gasteiger partial charge < -0.3 is 10.1 Å². The second kappa shape index (κ2) is 5.88. The Balaban J connectivity index is 1.73. The van der Waals surface area contributed by atoms with Gasteiger partial charge in [0.15, 0.2) is 0 Å². The molecule has 2 aliphatic rings. The summed E-state index contributed by atoms with van der Waals surface area (Å²) in [5, 5.41) is 2.94. The van der Waals surface area contributed by atoms with Crippen molar-refractivity contribution in [2.75, 3.05) is 11.9 Å². The number of para-hydroxylation sites is 1. The third-order valence-corrected chi connectivity index (χ3v) is 4.76. The van der Waals surface area contributed by atoms with Crippen molar-refractivity contribution in [1.29, 1.82) is 0 Å². The average molecular weight is 287 g/mol. The van der Waals surface area contributed by atoms with Crippen molar-refractivity contribution in [2.45, 2.75) is 32.6 Å². The highest BCUT2D eigenvalue weighted by atomic mass is 16.5. The second-order valence-electron chi connectivity index (χ2n) is 6.04. The van der Waals surface area contributed by atoms with E-state index in [-0.39, 0.29) is 17.8 Å². The van der Waals surface area contributed by atoms with E-state index in [1.54, 1.807) is 25.1 Å². The van der Waals surface area contributed by atoms with E-state index < -0.39 is 0 Å². The van der Waals surface area contributed by atoms with Crippen molar-refractivity contribution in [2.24, 2.45) is 17.8 Å². The molecule has 4 heteroatoms. The maximum absolute atomic E-state index is 12.5. The maximum Gasteiger partial charge on any atom is 0.340 e. The second-order valence-corrected chi connectivity index (χ2v) is 6.04. The molecule has 1 amide bonds. The molecule has 112 valence electrons. The molecule has 21 heavy (non-hydrogen) atoms. The highest BCUT2D eigenvalue weighted by Gasteiger charge is 2.43. The molecule has 0 unspecified atom stereocenters. The van der Waals surface area contributed by atoms with Crippen molar-refractivity contribution in [3.05, 3.63) is 29.8 Å². The lowest BCUT2D eigenvalue weighted by atomic mass is 9.88. The van der Waals surface area contributed by atoms with E-state index in [0.717, 1.165) is 12.3 Å². The van der Waals surface area contributed by atoms with Crippen LogP contribution in [0.2, 0.25) is 0 Å². The van der Waals surface area contributed by atoms with Crippen LogP contribution in [0.1, 0.15) is 43.0 Å². The molecule has 1 aromatic rings. The van der Waals surface area contributed by atoms with E-state index in [1.165, 1.54) is 19.3 Å². The van der Waals surface area contributed by atoms with Crippen LogP contribution in [0.3, 0.4) is 0 Å². The smallest absolute Gasteiger partial charge is 0.340 e. The molecule has 3 atom stereocenters. The number of hydrogen-bond donors (Lipinski definition) is 1. The highest BCUT2D eigenvalue weighted by molar-refractivity contribution is 6.02. The van der Waals surface area contributed by atoms with Crippen LogP contribution in [0.5, 0.6) is 0 Å². The van der Waals surface area contributed by atoms with Crippen LogP contribution in [0.4, 0.5) is 5.69 Å². The number of amides is 1. The van der Waals surface area contributed by atoms with Crippen LogP contribution >= 0.6 is 0 Å². The minimum absolute atomic E-state index is 0.0546. The number of carbonyl (C=O) groups excluding carboxylic acids is 2. The molecule has 1 N–H and O–H groups in total. The lowest BCUT2D eigenvalue weighted by Gasteiger charge is -2.21. The molecule has 0 aliphatic heterocycles. The fourth-order valence-electron chi connectivity index (χ4n) is 3.77. The van der Waals surface area contributed by atoms with Gasteiger partial charge in [-0.15, -0.1) is 0 Å². The van der Waals surface area contributed by atoms with Crippen LogP contribution in [0.25, 0.3) is 0 Å². The van der Waals surface area contributed by atoms with Crippen LogP contribution in [0.15, 0.2) is 24.3 Å². The zero-order valence-electron chi connectivity index (χ0n) is 12.3. The molecule has 2 fully saturated rings. The first-order valence-electron chi connectivity index (χ1n) is 7.76. The monoisotopic (exact) mass is 287 g/mol. The average Bonchev–Trinajstić information content (AvgIpc) is 3.10. The predicted octanol–water partition coefficient (Wildman–Crippen LogP) is 3.24. The van der Waals surface area contributed by atoms with Crippen molar-refractivity contribution in [3.63, 3.8) is 0 Å². The summed E-state index contributed by atoms with van der Waals surface area (Å²) in [6, 6.07) is 7.05. The lowest BCUT2D eigenvalue weighted by Crippen LogP contribution is -2.28. The minimum atomic E-state index is -0.388. The van der Waals surface area contributed by atoms with Crippen LogP contribution in [0, 0.1) is 17.8 Å². The van der Waals surface area contributed by atoms with Crippen molar-refractivity contribution < 1.29 is 14.3 Å². The number of esters is 1. The molecule has 0 spiro atoms. The van der Waals surface area contributed by atoms with Crippen molar-refractivity contribution >= 4 is 17.6 Å². The molecule has 2 saturated carbocycles. The predicted molar refractivity (Wildman–Crippen MR) is 80.0 cm³/mol. The van der Waals surface area contributed by atoms with Gasteiger partial charge >= 0.3 is 5.97 Å². The summed E-state index contributed by atoms with van der Waals surface area (Å²) < 4.78 is 5.03. The molecule has 3 rings (SSSR count). The summed E-state index contributed by atoms with van der Waals surface area (Å²) in [5.41, 5.74) is 0.986. The Morgan fingerprint density at radius 2 is 2.05 bits per heavy atom. The van der Waals surface area contributed by atoms with Crippen LogP contribution in [-0.4, -0.2) is 18.5 Å². The first-order chi connectivity index (χ1) is 10.2. The van der Waals surface area contributed by atoms with E-state index in [2.05, 4.69) is 5.32 Å². The Morgan fingerprint density at radius 1 is 1.24 bits per heavy atom. The molecule has 4 nitrogen and oxygen atoms in total. The molecular formula is C17H21NO3. The van der Waals surface area contributed by atoms with Gasteiger partial charge in [0.25, 0.3) is 0 Å². The molecule has 0 saturated heterocycles. The van der Waals surface area contributed by atoms with E-state index in [0.29, 0.717) is 23.8 Å². The number of nitrogens with one attached hydrogen (secondary N) is 1. The van der Waals surface area contributed by atoms with Crippen LogP contribution < -0.4 is 5.32 Å². The summed E-state index contributed by atoms with van der Waals surface area (Å²) in [6.45, 7) is 2.10. The fourth-order valence-corrected chi connectivity index (χ4v) is 3.77. The van der Waals surface area contributed by atoms with Gasteiger partial charge in [-0.1, -0.05) is 18.6 Å². The Bertz CT molecular complexity index is 555. The number of fused-ring (bicyclic) bond motifs is 2. The number of anilines is 1. The Morgan fingerprint density at radius 3 is 2.71 bits per heavy atom. The zero-order valence-corrected chi connectivity index (χ0v) is 12.3. The van der Waals surface area contributed by atoms with E-state index in [4.69, 9.17) is 4.74 Å². The zero-order chi connectivity index (χ0) is 14.8. The topological polar surface area (TPSA) is 55.4 Å². The summed E-state index contributed by atoms with van der Waals surface area (Å²) in [6.07, 6.45) is 4.63. The summed E-state index contributed by atoms with van der Waals surface area (Å²) in [4.78, 5) is 24.4. The molecule has 2 bridgehead atoms. The van der Waals surface area contributed by atoms with Gasteiger partial charge in [0, 0.05) is 5.92 Å². The largest absolute Gasteiger partial charge is 0.462 e. The Hall–Kier alpha value is -1.84. The molecule has 0 aromatic heterocycles. The normalized spacial score (nSPS) is 26.6. The van der Waals surface area contributed by atoms with Crippen molar-refractivity contribution in [3.8, 4) is 0 Å². The number of ether oxygens (including phenoxy) is 1. The number of hydrogen-bond acceptors (Lipinski definition) is 3. The fraction of sp³-hybridized carbons (Fsp3) is 0.529. The first kappa shape index (κ1) is 14.1. The van der Waals surface area contributed by atoms with Crippen LogP contribution in [-0.2, 0) is 9.53 Å². The van der Waals surface area contributed by atoms with Gasteiger partial charge in [-0.3, -0.25) is 4.79 Å². The first-order valence-corrected chi connectivity index (χ1v) is 7.76. The molecule has 0 radical (unpaired) electrons. The third kappa shape index (κ3) is 2.80. The molecule has 2 aliphatic carbocycles. The standard InChI is InChI=1S/C17H21NO3/c1-2-21-17(20)13-5-3-4-6-15(13)18-16(19)14-10-11-7-8-12(14)9-11/h3-6,11-12,14H,2,7-10H2,1H3,(H,18,19)/t11-,12-,14+/m0/s1. The van der Waals surface area contributed by atoms with Gasteiger partial charge in [-0.25, -0.2) is 4.79 Å². The van der Waals surface area contributed by atoms with Gasteiger partial charge in [-0.05, 0) is 50.2 Å². The number of carbonyl (C=O) groups is 2.